The van der Waals surface area contributed by atoms with Gasteiger partial charge in [-0.1, -0.05) is 6.92 Å². The summed E-state index contributed by atoms with van der Waals surface area (Å²) in [5, 5.41) is 4.82. The van der Waals surface area contributed by atoms with Gasteiger partial charge < -0.3 is 4.90 Å². The number of carbonyl (C=O) groups excluding carboxylic acids is 1. The van der Waals surface area contributed by atoms with Crippen molar-refractivity contribution in [3.8, 4) is 0 Å². The van der Waals surface area contributed by atoms with E-state index in [1.807, 2.05) is 6.92 Å². The summed E-state index contributed by atoms with van der Waals surface area (Å²) in [7, 11) is -2.92. The zero-order valence-corrected chi connectivity index (χ0v) is 12.2. The predicted octanol–water partition coefficient (Wildman–Crippen LogP) is 1.48. The van der Waals surface area contributed by atoms with E-state index in [-0.39, 0.29) is 6.04 Å². The third-order valence-corrected chi connectivity index (χ3v) is 4.06. The van der Waals surface area contributed by atoms with Gasteiger partial charge in [0.25, 0.3) is 5.91 Å². The van der Waals surface area contributed by atoms with Crippen molar-refractivity contribution in [1.29, 1.82) is 0 Å². The molecule has 1 amide bonds. The van der Waals surface area contributed by atoms with Crippen molar-refractivity contribution < 1.29 is 22.0 Å². The second kappa shape index (κ2) is 5.84. The standard InChI is InChI=1S/C12H16F2N2O3S/c1-4-7(2)16(3)12(17)8-5-11(20(15,18)19)10(14)6-9(8)13/h5-7H,4H2,1-3H3,(H2,15,18,19). The van der Waals surface area contributed by atoms with Crippen molar-refractivity contribution in [3.63, 3.8) is 0 Å². The molecular formula is C12H16F2N2O3S. The summed E-state index contributed by atoms with van der Waals surface area (Å²) in [6, 6.07) is 0.795. The van der Waals surface area contributed by atoms with Crippen LogP contribution in [0.4, 0.5) is 8.78 Å². The number of carbonyl (C=O) groups is 1. The smallest absolute Gasteiger partial charge is 0.256 e. The Morgan fingerprint density at radius 1 is 1.35 bits per heavy atom. The molecule has 1 aromatic carbocycles. The molecule has 20 heavy (non-hydrogen) atoms. The second-order valence-corrected chi connectivity index (χ2v) is 6.01. The molecule has 0 fully saturated rings. The fourth-order valence-electron chi connectivity index (χ4n) is 1.58. The molecule has 0 heterocycles. The van der Waals surface area contributed by atoms with Gasteiger partial charge in [-0.25, -0.2) is 22.3 Å². The fourth-order valence-corrected chi connectivity index (χ4v) is 2.19. The van der Waals surface area contributed by atoms with Crippen LogP contribution in [0.25, 0.3) is 0 Å². The molecule has 0 radical (unpaired) electrons. The van der Waals surface area contributed by atoms with E-state index in [0.717, 1.165) is 0 Å². The van der Waals surface area contributed by atoms with Crippen molar-refractivity contribution in [2.24, 2.45) is 5.14 Å². The van der Waals surface area contributed by atoms with Gasteiger partial charge in [-0.3, -0.25) is 4.79 Å². The van der Waals surface area contributed by atoms with Crippen LogP contribution < -0.4 is 5.14 Å². The molecule has 0 aliphatic heterocycles. The second-order valence-electron chi connectivity index (χ2n) is 4.48. The van der Waals surface area contributed by atoms with Crippen LogP contribution in [0.1, 0.15) is 30.6 Å². The van der Waals surface area contributed by atoms with Crippen molar-refractivity contribution in [1.82, 2.24) is 4.90 Å². The van der Waals surface area contributed by atoms with Crippen LogP contribution in [-0.4, -0.2) is 32.3 Å². The van der Waals surface area contributed by atoms with Gasteiger partial charge in [-0.05, 0) is 19.4 Å². The lowest BCUT2D eigenvalue weighted by Crippen LogP contribution is -2.35. The molecule has 1 rings (SSSR count). The maximum Gasteiger partial charge on any atom is 0.256 e. The molecule has 0 aliphatic carbocycles. The third kappa shape index (κ3) is 3.31. The van der Waals surface area contributed by atoms with E-state index < -0.39 is 38.0 Å². The number of nitrogens with zero attached hydrogens (tertiary/aromatic N) is 1. The Morgan fingerprint density at radius 2 is 1.90 bits per heavy atom. The highest BCUT2D eigenvalue weighted by Gasteiger charge is 2.24. The van der Waals surface area contributed by atoms with Crippen LogP contribution >= 0.6 is 0 Å². The van der Waals surface area contributed by atoms with E-state index in [1.54, 1.807) is 6.92 Å². The minimum atomic E-state index is -4.37. The molecule has 0 spiro atoms. The van der Waals surface area contributed by atoms with Crippen LogP contribution in [-0.2, 0) is 10.0 Å². The van der Waals surface area contributed by atoms with Gasteiger partial charge in [0.2, 0.25) is 10.0 Å². The molecular weight excluding hydrogens is 290 g/mol. The fraction of sp³-hybridized carbons (Fsp3) is 0.417. The zero-order valence-electron chi connectivity index (χ0n) is 11.4. The maximum absolute atomic E-state index is 13.7. The molecule has 0 aliphatic rings. The number of benzene rings is 1. The molecule has 0 saturated carbocycles. The molecule has 0 aromatic heterocycles. The highest BCUT2D eigenvalue weighted by atomic mass is 32.2. The molecule has 1 aromatic rings. The lowest BCUT2D eigenvalue weighted by atomic mass is 10.1. The summed E-state index contributed by atoms with van der Waals surface area (Å²) in [5.74, 6) is -3.19. The van der Waals surface area contributed by atoms with E-state index >= 15 is 0 Å². The highest BCUT2D eigenvalue weighted by molar-refractivity contribution is 7.89. The predicted molar refractivity (Wildman–Crippen MR) is 69.6 cm³/mol. The summed E-state index contributed by atoms with van der Waals surface area (Å²) < 4.78 is 49.4. The van der Waals surface area contributed by atoms with E-state index in [4.69, 9.17) is 5.14 Å². The average molecular weight is 306 g/mol. The number of primary sulfonamides is 1. The summed E-state index contributed by atoms with van der Waals surface area (Å²) >= 11 is 0. The van der Waals surface area contributed by atoms with E-state index in [1.165, 1.54) is 11.9 Å². The number of rotatable bonds is 4. The monoisotopic (exact) mass is 306 g/mol. The molecule has 0 bridgehead atoms. The van der Waals surface area contributed by atoms with Crippen LogP contribution in [0.3, 0.4) is 0 Å². The third-order valence-electron chi connectivity index (χ3n) is 3.13. The molecule has 5 nitrogen and oxygen atoms in total. The summed E-state index contributed by atoms with van der Waals surface area (Å²) in [5.41, 5.74) is -0.529. The quantitative estimate of drug-likeness (QED) is 0.915. The first-order valence-electron chi connectivity index (χ1n) is 5.88. The SMILES string of the molecule is CCC(C)N(C)C(=O)c1cc(S(N)(=O)=O)c(F)cc1F. The first-order valence-corrected chi connectivity index (χ1v) is 7.43. The minimum Gasteiger partial charge on any atom is -0.339 e. The molecule has 0 saturated heterocycles. The number of amides is 1. The van der Waals surface area contributed by atoms with Gasteiger partial charge >= 0.3 is 0 Å². The van der Waals surface area contributed by atoms with Gasteiger partial charge in [0.05, 0.1) is 5.56 Å². The molecule has 8 heteroatoms. The number of nitrogens with two attached hydrogens (primary N) is 1. The van der Waals surface area contributed by atoms with Crippen molar-refractivity contribution >= 4 is 15.9 Å². The van der Waals surface area contributed by atoms with E-state index in [9.17, 15) is 22.0 Å². The average Bonchev–Trinajstić information content (AvgIpc) is 2.34. The van der Waals surface area contributed by atoms with Crippen molar-refractivity contribution in [3.05, 3.63) is 29.3 Å². The van der Waals surface area contributed by atoms with Crippen LogP contribution in [0.15, 0.2) is 17.0 Å². The Labute approximate surface area is 116 Å². The Bertz CT molecular complexity index is 632. The van der Waals surface area contributed by atoms with E-state index in [0.29, 0.717) is 18.6 Å². The van der Waals surface area contributed by atoms with Gasteiger partial charge in [-0.2, -0.15) is 0 Å². The lowest BCUT2D eigenvalue weighted by Gasteiger charge is -2.24. The number of sulfonamides is 1. The summed E-state index contributed by atoms with van der Waals surface area (Å²) in [6.45, 7) is 3.59. The molecule has 1 unspecified atom stereocenters. The topological polar surface area (TPSA) is 80.5 Å². The summed E-state index contributed by atoms with van der Waals surface area (Å²) in [4.78, 5) is 12.4. The van der Waals surface area contributed by atoms with Gasteiger partial charge in [0.15, 0.2) is 0 Å². The van der Waals surface area contributed by atoms with Crippen molar-refractivity contribution in [2.75, 3.05) is 7.05 Å². The Hall–Kier alpha value is -1.54. The molecule has 112 valence electrons. The first kappa shape index (κ1) is 16.5. The lowest BCUT2D eigenvalue weighted by molar-refractivity contribution is 0.0735. The highest BCUT2D eigenvalue weighted by Crippen LogP contribution is 2.20. The summed E-state index contributed by atoms with van der Waals surface area (Å²) in [6.07, 6.45) is 0.632. The van der Waals surface area contributed by atoms with Gasteiger partial charge in [0.1, 0.15) is 16.5 Å². The molecule has 1 atom stereocenters. The molecule has 2 N–H and O–H groups in total. The van der Waals surface area contributed by atoms with Crippen LogP contribution in [0.5, 0.6) is 0 Å². The van der Waals surface area contributed by atoms with Crippen LogP contribution in [0.2, 0.25) is 0 Å². The maximum atomic E-state index is 13.7. The Kier molecular flexibility index (Phi) is 4.82. The van der Waals surface area contributed by atoms with Gasteiger partial charge in [0, 0.05) is 19.2 Å². The first-order chi connectivity index (χ1) is 9.09. The van der Waals surface area contributed by atoms with E-state index in [2.05, 4.69) is 0 Å². The Morgan fingerprint density at radius 3 is 2.35 bits per heavy atom. The number of hydrogen-bond donors (Lipinski definition) is 1. The van der Waals surface area contributed by atoms with Crippen molar-refractivity contribution in [2.45, 2.75) is 31.2 Å². The normalized spacial score (nSPS) is 13.1. The number of halogens is 2. The minimum absolute atomic E-state index is 0.176. The van der Waals surface area contributed by atoms with Gasteiger partial charge in [-0.15, -0.1) is 0 Å². The largest absolute Gasteiger partial charge is 0.339 e. The number of hydrogen-bond acceptors (Lipinski definition) is 3. The van der Waals surface area contributed by atoms with Crippen LogP contribution in [0, 0.1) is 11.6 Å². The Balaban J connectivity index is 3.36. The zero-order chi connectivity index (χ0) is 15.7.